The summed E-state index contributed by atoms with van der Waals surface area (Å²) >= 11 is 0. The first-order chi connectivity index (χ1) is 22.7. The normalized spacial score (nSPS) is 22.4. The lowest BCUT2D eigenvalue weighted by Gasteiger charge is -2.28. The van der Waals surface area contributed by atoms with Crippen molar-refractivity contribution in [1.82, 2.24) is 15.0 Å². The van der Waals surface area contributed by atoms with Crippen LogP contribution in [0.1, 0.15) is 60.9 Å². The Hall–Kier alpha value is -3.99. The van der Waals surface area contributed by atoms with E-state index in [1.165, 1.54) is 5.01 Å². The van der Waals surface area contributed by atoms with Crippen LogP contribution >= 0.6 is 0 Å². The summed E-state index contributed by atoms with van der Waals surface area (Å²) in [6, 6.07) is 27.8. The van der Waals surface area contributed by atoms with E-state index in [0.29, 0.717) is 31.5 Å². The smallest absolute Gasteiger partial charge is 0.247 e. The van der Waals surface area contributed by atoms with Gasteiger partial charge < -0.3 is 14.0 Å². The van der Waals surface area contributed by atoms with E-state index in [4.69, 9.17) is 9.84 Å². The second kappa shape index (κ2) is 14.4. The number of nitrogens with zero attached hydrogens (tertiary/aromatic N) is 5. The fourth-order valence-corrected chi connectivity index (χ4v) is 9.88. The van der Waals surface area contributed by atoms with Crippen LogP contribution in [0, 0.1) is 5.92 Å². The molecule has 47 heavy (non-hydrogen) atoms. The molecule has 1 amide bonds. The molecule has 2 aliphatic rings. The van der Waals surface area contributed by atoms with Gasteiger partial charge in [0.2, 0.25) is 14.3 Å². The van der Waals surface area contributed by atoms with Gasteiger partial charge in [0.1, 0.15) is 0 Å². The minimum absolute atomic E-state index is 0.0122. The van der Waals surface area contributed by atoms with Crippen molar-refractivity contribution in [2.24, 2.45) is 11.0 Å². The number of carbonyl (C=O) groups is 1. The van der Waals surface area contributed by atoms with Crippen molar-refractivity contribution in [3.63, 3.8) is 0 Å². The number of anilines is 1. The molecule has 6 rings (SSSR count). The van der Waals surface area contributed by atoms with Gasteiger partial charge in [0, 0.05) is 31.1 Å². The van der Waals surface area contributed by atoms with Gasteiger partial charge in [-0.05, 0) is 67.1 Å². The molecule has 246 valence electrons. The molecule has 1 unspecified atom stereocenters. The van der Waals surface area contributed by atoms with Crippen molar-refractivity contribution in [3.8, 4) is 0 Å². The van der Waals surface area contributed by atoms with E-state index in [2.05, 4.69) is 23.3 Å². The first kappa shape index (κ1) is 32.9. The number of amides is 1. The highest BCUT2D eigenvalue weighted by atomic mass is 28.4. The van der Waals surface area contributed by atoms with E-state index in [1.54, 1.807) is 17.8 Å². The molecule has 3 heterocycles. The molecule has 0 bridgehead atoms. The van der Waals surface area contributed by atoms with Gasteiger partial charge in [-0.25, -0.2) is 5.01 Å². The van der Waals surface area contributed by atoms with Crippen LogP contribution in [0.25, 0.3) is 0 Å². The average molecular weight is 654 g/mol. The van der Waals surface area contributed by atoms with Crippen molar-refractivity contribution in [2.45, 2.75) is 82.3 Å². The van der Waals surface area contributed by atoms with Crippen LogP contribution in [-0.2, 0) is 22.5 Å². The second-order valence-electron chi connectivity index (χ2n) is 13.3. The molecule has 10 heteroatoms. The third kappa shape index (κ3) is 7.61. The van der Waals surface area contributed by atoms with Crippen molar-refractivity contribution in [2.75, 3.05) is 11.6 Å². The largest absolute Gasteiger partial charge is 0.395 e. The zero-order chi connectivity index (χ0) is 33.0. The molecular formula is C37H44FN5O3Si. The highest BCUT2D eigenvalue weighted by Crippen LogP contribution is 2.47. The number of aliphatic hydroxyl groups excluding tert-OH is 1. The van der Waals surface area contributed by atoms with E-state index in [-0.39, 0.29) is 42.1 Å². The second-order valence-corrected chi connectivity index (χ2v) is 17.1. The molecule has 5 atom stereocenters. The van der Waals surface area contributed by atoms with E-state index >= 15 is 4.11 Å². The lowest BCUT2D eigenvalue weighted by atomic mass is 9.95. The maximum absolute atomic E-state index is 15.8. The summed E-state index contributed by atoms with van der Waals surface area (Å²) in [7, 11) is -3.04. The molecule has 2 aliphatic heterocycles. The van der Waals surface area contributed by atoms with Crippen LogP contribution in [0.15, 0.2) is 96.2 Å². The van der Waals surface area contributed by atoms with Crippen molar-refractivity contribution >= 4 is 25.7 Å². The van der Waals surface area contributed by atoms with Gasteiger partial charge in [0.15, 0.2) is 0 Å². The van der Waals surface area contributed by atoms with Crippen LogP contribution in [0.5, 0.6) is 0 Å². The summed E-state index contributed by atoms with van der Waals surface area (Å²) in [5, 5.41) is 25.0. The van der Waals surface area contributed by atoms with E-state index in [9.17, 15) is 9.90 Å². The predicted octanol–water partition coefficient (Wildman–Crippen LogP) is 6.90. The Morgan fingerprint density at radius 2 is 1.72 bits per heavy atom. The number of carbonyl (C=O) groups excluding carboxylic acids is 1. The molecule has 0 saturated carbocycles. The Labute approximate surface area is 277 Å². The summed E-state index contributed by atoms with van der Waals surface area (Å²) in [6.45, 7) is 6.20. The Morgan fingerprint density at radius 1 is 0.979 bits per heavy atom. The standard InChI is InChI=1S/C37H44FN5O3Si/c1-26-34(19-17-27-11-10-16-30(23-27)43-36(45)20-18-32(40-43)29-14-8-5-9-15-29)46-35(37(26)47(2,3)38)21-22-42-24-33(39-41-42)31(25-44)28-12-6-4-7-13-28/h4-16,23-24,26,31,34-35,37,44H,17-22,25H2,1-3H3/t26-,31?,34+,35-,37+/m1/s1. The maximum Gasteiger partial charge on any atom is 0.247 e. The average Bonchev–Trinajstić information content (AvgIpc) is 3.68. The lowest BCUT2D eigenvalue weighted by Crippen LogP contribution is -2.36. The Balaban J connectivity index is 1.11. The number of aryl methyl sites for hydroxylation is 2. The Morgan fingerprint density at radius 3 is 2.45 bits per heavy atom. The molecule has 3 aromatic carbocycles. The summed E-state index contributed by atoms with van der Waals surface area (Å²) in [6.07, 6.45) is 4.80. The molecule has 0 spiro atoms. The molecule has 1 saturated heterocycles. The van der Waals surface area contributed by atoms with Gasteiger partial charge in [-0.1, -0.05) is 84.9 Å². The third-order valence-corrected chi connectivity index (χ3v) is 12.1. The SMILES string of the molecule is C[C@H]1[C@H]([Si](C)(C)F)[C@@H](CCn2cc(C(CO)c3ccccc3)nn2)O[C@H]1CCc1cccc(N2N=C(c3ccccc3)CCC2=O)c1. The van der Waals surface area contributed by atoms with Crippen molar-refractivity contribution in [3.05, 3.63) is 114 Å². The zero-order valence-electron chi connectivity index (χ0n) is 27.4. The molecule has 0 radical (unpaired) electrons. The summed E-state index contributed by atoms with van der Waals surface area (Å²) in [5.41, 5.74) is 5.36. The van der Waals surface area contributed by atoms with E-state index < -0.39 is 8.41 Å². The van der Waals surface area contributed by atoms with Gasteiger partial charge in [0.05, 0.1) is 41.8 Å². The molecule has 1 fully saturated rings. The van der Waals surface area contributed by atoms with Crippen LogP contribution in [-0.4, -0.2) is 58.9 Å². The predicted molar refractivity (Wildman–Crippen MR) is 185 cm³/mol. The summed E-state index contributed by atoms with van der Waals surface area (Å²) in [5.74, 6) is -0.173. The van der Waals surface area contributed by atoms with Crippen molar-refractivity contribution in [1.29, 1.82) is 0 Å². The lowest BCUT2D eigenvalue weighted by molar-refractivity contribution is -0.118. The molecule has 1 aromatic heterocycles. The number of hydrogen-bond donors (Lipinski definition) is 1. The molecule has 4 aromatic rings. The monoisotopic (exact) mass is 653 g/mol. The summed E-state index contributed by atoms with van der Waals surface area (Å²) < 4.78 is 24.2. The van der Waals surface area contributed by atoms with Gasteiger partial charge in [-0.3, -0.25) is 9.48 Å². The number of hydrazone groups is 1. The van der Waals surface area contributed by atoms with Gasteiger partial charge in [0.25, 0.3) is 0 Å². The number of rotatable bonds is 12. The Kier molecular flexibility index (Phi) is 10.1. The first-order valence-corrected chi connectivity index (χ1v) is 19.6. The maximum atomic E-state index is 15.8. The number of hydrogen-bond acceptors (Lipinski definition) is 6. The van der Waals surface area contributed by atoms with Gasteiger partial charge in [-0.15, -0.1) is 5.10 Å². The third-order valence-electron chi connectivity index (χ3n) is 9.65. The Bertz CT molecular complexity index is 1680. The van der Waals surface area contributed by atoms with Crippen LogP contribution in [0.2, 0.25) is 18.6 Å². The van der Waals surface area contributed by atoms with E-state index in [0.717, 1.165) is 40.9 Å². The fraction of sp³-hybridized carbons (Fsp3) is 0.405. The van der Waals surface area contributed by atoms with Crippen molar-refractivity contribution < 1.29 is 18.7 Å². The minimum atomic E-state index is -3.04. The highest BCUT2D eigenvalue weighted by molar-refractivity contribution is 6.72. The van der Waals surface area contributed by atoms with Crippen LogP contribution in [0.3, 0.4) is 0 Å². The van der Waals surface area contributed by atoms with Gasteiger partial charge in [-0.2, -0.15) is 5.10 Å². The quantitative estimate of drug-likeness (QED) is 0.133. The van der Waals surface area contributed by atoms with Crippen LogP contribution in [0.4, 0.5) is 9.80 Å². The van der Waals surface area contributed by atoms with E-state index in [1.807, 2.05) is 85.1 Å². The fourth-order valence-electron chi connectivity index (χ4n) is 7.29. The molecular weight excluding hydrogens is 610 g/mol. The number of ether oxygens (including phenoxy) is 1. The molecule has 8 nitrogen and oxygen atoms in total. The number of halogens is 1. The highest BCUT2D eigenvalue weighted by Gasteiger charge is 2.50. The van der Waals surface area contributed by atoms with Crippen LogP contribution < -0.4 is 5.01 Å². The number of aliphatic hydroxyl groups is 1. The number of aromatic nitrogens is 3. The minimum Gasteiger partial charge on any atom is -0.395 e. The topological polar surface area (TPSA) is 92.8 Å². The molecule has 1 N–H and O–H groups in total. The molecule has 0 aliphatic carbocycles. The first-order valence-electron chi connectivity index (χ1n) is 16.7. The van der Waals surface area contributed by atoms with Gasteiger partial charge >= 0.3 is 0 Å². The zero-order valence-corrected chi connectivity index (χ0v) is 28.4. The number of benzene rings is 3. The summed E-state index contributed by atoms with van der Waals surface area (Å²) in [4.78, 5) is 12.9.